The van der Waals surface area contributed by atoms with Crippen LogP contribution in [0.2, 0.25) is 0 Å². The predicted octanol–water partition coefficient (Wildman–Crippen LogP) is 4.67. The van der Waals surface area contributed by atoms with Crippen molar-refractivity contribution in [1.82, 2.24) is 0 Å². The maximum absolute atomic E-state index is 12.9. The van der Waals surface area contributed by atoms with Crippen molar-refractivity contribution in [3.63, 3.8) is 0 Å². The monoisotopic (exact) mass is 464 g/mol. The Hall–Kier alpha value is -4.27. The van der Waals surface area contributed by atoms with Crippen LogP contribution >= 0.6 is 0 Å². The molecule has 1 aliphatic rings. The van der Waals surface area contributed by atoms with Crippen molar-refractivity contribution in [2.24, 2.45) is 0 Å². The summed E-state index contributed by atoms with van der Waals surface area (Å²) in [5.74, 6) is -2.37. The van der Waals surface area contributed by atoms with E-state index in [4.69, 9.17) is 9.47 Å². The molecule has 182 valence electrons. The molecule has 9 nitrogen and oxygen atoms in total. The normalized spacial score (nSPS) is 17.2. The molecule has 0 aromatic heterocycles. The number of esters is 1. The number of aromatic hydroxyl groups is 6. The molecule has 0 saturated carbocycles. The topological polar surface area (TPSA) is 157 Å². The summed E-state index contributed by atoms with van der Waals surface area (Å²) in [6.45, 7) is 3.04. The Balaban J connectivity index is 0. The SMILES string of the molecule is Cc1cc(C(=O)O[C@@H]2Cc3c(O)cc(O)cc3O[C@@H]2c2cc(O)c(C)c(O)c2)cc(O)c1O.[HH].[HH].[HH].[HH].[HH]. The van der Waals surface area contributed by atoms with E-state index in [1.54, 1.807) is 0 Å². The van der Waals surface area contributed by atoms with Gasteiger partial charge in [0.2, 0.25) is 0 Å². The minimum atomic E-state index is -1.02. The van der Waals surface area contributed by atoms with Crippen molar-refractivity contribution >= 4 is 5.97 Å². The summed E-state index contributed by atoms with van der Waals surface area (Å²) >= 11 is 0. The van der Waals surface area contributed by atoms with Crippen LogP contribution in [0.15, 0.2) is 36.4 Å². The average Bonchev–Trinajstić information content (AvgIpc) is 2.75. The molecule has 0 unspecified atom stereocenters. The molecular formula is C24H32O9. The van der Waals surface area contributed by atoms with Gasteiger partial charge in [-0.05, 0) is 43.7 Å². The first-order valence-electron chi connectivity index (χ1n) is 10.0. The Morgan fingerprint density at radius 2 is 1.58 bits per heavy atom. The largest absolute Gasteiger partial charge is 0.508 e. The second kappa shape index (κ2) is 8.01. The fourth-order valence-electron chi connectivity index (χ4n) is 3.79. The summed E-state index contributed by atoms with van der Waals surface area (Å²) in [6.07, 6.45) is -2.03. The number of hydrogen-bond acceptors (Lipinski definition) is 9. The first kappa shape index (κ1) is 21.9. The van der Waals surface area contributed by atoms with E-state index in [0.717, 1.165) is 12.1 Å². The summed E-state index contributed by atoms with van der Waals surface area (Å²) in [7, 11) is 0. The molecule has 6 N–H and O–H groups in total. The van der Waals surface area contributed by atoms with Gasteiger partial charge in [0.15, 0.2) is 17.6 Å². The lowest BCUT2D eigenvalue weighted by atomic mass is 9.92. The first-order chi connectivity index (χ1) is 15.5. The standard InChI is InChI=1S/C24H22O9.5H2/c1-10-3-13(6-19(29)22(10)30)24(31)33-21-9-15-18(28)7-14(25)8-20(15)32-23(21)12-4-16(26)11(2)17(27)5-12;;;;;/h3-8,21,23,25-30H,9H2,1-2H3;5*1H/t21-,23-;;;;;/m1...../s1. The molecule has 9 heteroatoms. The molecule has 0 aliphatic carbocycles. The summed E-state index contributed by atoms with van der Waals surface area (Å²) in [5, 5.41) is 60.0. The summed E-state index contributed by atoms with van der Waals surface area (Å²) in [5.41, 5.74) is 1.11. The molecule has 0 spiro atoms. The molecule has 1 heterocycles. The van der Waals surface area contributed by atoms with E-state index in [1.807, 2.05) is 0 Å². The third-order valence-corrected chi connectivity index (χ3v) is 5.65. The van der Waals surface area contributed by atoms with Crippen LogP contribution in [0.3, 0.4) is 0 Å². The highest BCUT2D eigenvalue weighted by molar-refractivity contribution is 5.90. The number of fused-ring (bicyclic) bond motifs is 1. The van der Waals surface area contributed by atoms with Crippen LogP contribution in [0.25, 0.3) is 0 Å². The Bertz CT molecular complexity index is 1240. The van der Waals surface area contributed by atoms with Crippen molar-refractivity contribution in [3.8, 4) is 40.2 Å². The number of carbonyl (C=O) groups is 1. The molecule has 1 aliphatic heterocycles. The Labute approximate surface area is 195 Å². The highest BCUT2D eigenvalue weighted by Gasteiger charge is 2.37. The number of benzene rings is 3. The molecule has 0 amide bonds. The molecule has 33 heavy (non-hydrogen) atoms. The highest BCUT2D eigenvalue weighted by atomic mass is 16.6. The quantitative estimate of drug-likeness (QED) is 0.239. The number of phenolic OH excluding ortho intramolecular Hbond substituents is 6. The van der Waals surface area contributed by atoms with Crippen molar-refractivity contribution in [2.75, 3.05) is 0 Å². The van der Waals surface area contributed by atoms with E-state index in [-0.39, 0.29) is 64.7 Å². The maximum atomic E-state index is 12.9. The Kier molecular flexibility index (Phi) is 5.33. The van der Waals surface area contributed by atoms with Gasteiger partial charge in [0, 0.05) is 42.4 Å². The Morgan fingerprint density at radius 1 is 0.909 bits per heavy atom. The van der Waals surface area contributed by atoms with Crippen molar-refractivity contribution < 1.29 is 52.0 Å². The fourth-order valence-corrected chi connectivity index (χ4v) is 3.79. The molecular weight excluding hydrogens is 432 g/mol. The highest BCUT2D eigenvalue weighted by Crippen LogP contribution is 2.44. The molecule has 0 radical (unpaired) electrons. The molecule has 3 aromatic carbocycles. The zero-order valence-electron chi connectivity index (χ0n) is 17.7. The van der Waals surface area contributed by atoms with Gasteiger partial charge >= 0.3 is 5.97 Å². The third kappa shape index (κ3) is 4.00. The third-order valence-electron chi connectivity index (χ3n) is 5.65. The minimum absolute atomic E-state index is 0. The number of rotatable bonds is 3. The van der Waals surface area contributed by atoms with E-state index < -0.39 is 23.9 Å². The van der Waals surface area contributed by atoms with Crippen LogP contribution in [0.1, 0.15) is 45.8 Å². The van der Waals surface area contributed by atoms with E-state index in [0.29, 0.717) is 11.1 Å². The smallest absolute Gasteiger partial charge is 0.338 e. The van der Waals surface area contributed by atoms with Crippen molar-refractivity contribution in [1.29, 1.82) is 0 Å². The lowest BCUT2D eigenvalue weighted by molar-refractivity contribution is -0.0189. The van der Waals surface area contributed by atoms with Gasteiger partial charge < -0.3 is 40.1 Å². The number of hydrogen-bond donors (Lipinski definition) is 6. The number of phenols is 6. The zero-order chi connectivity index (χ0) is 24.0. The van der Waals surface area contributed by atoms with E-state index in [9.17, 15) is 35.4 Å². The second-order valence-corrected chi connectivity index (χ2v) is 7.97. The van der Waals surface area contributed by atoms with Crippen LogP contribution in [0.4, 0.5) is 0 Å². The van der Waals surface area contributed by atoms with Gasteiger partial charge in [0.1, 0.15) is 34.9 Å². The van der Waals surface area contributed by atoms with Crippen LogP contribution in [-0.2, 0) is 11.2 Å². The van der Waals surface area contributed by atoms with Gasteiger partial charge in [-0.15, -0.1) is 0 Å². The first-order valence-corrected chi connectivity index (χ1v) is 10.0. The molecule has 0 fully saturated rings. The van der Waals surface area contributed by atoms with Crippen LogP contribution in [-0.4, -0.2) is 42.7 Å². The lowest BCUT2D eigenvalue weighted by Gasteiger charge is -2.34. The molecule has 2 atom stereocenters. The van der Waals surface area contributed by atoms with E-state index in [2.05, 4.69) is 0 Å². The molecule has 4 rings (SSSR count). The summed E-state index contributed by atoms with van der Waals surface area (Å²) in [4.78, 5) is 12.9. The van der Waals surface area contributed by atoms with Crippen molar-refractivity contribution in [3.05, 3.63) is 64.2 Å². The Morgan fingerprint density at radius 3 is 2.21 bits per heavy atom. The van der Waals surface area contributed by atoms with Gasteiger partial charge in [-0.25, -0.2) is 4.79 Å². The number of ether oxygens (including phenoxy) is 2. The summed E-state index contributed by atoms with van der Waals surface area (Å²) < 4.78 is 11.6. The second-order valence-electron chi connectivity index (χ2n) is 7.97. The molecule has 0 bridgehead atoms. The lowest BCUT2D eigenvalue weighted by Crippen LogP contribution is -2.34. The van der Waals surface area contributed by atoms with Gasteiger partial charge in [-0.2, -0.15) is 0 Å². The minimum Gasteiger partial charge on any atom is -0.508 e. The molecule has 3 aromatic rings. The molecule has 0 saturated heterocycles. The van der Waals surface area contributed by atoms with Gasteiger partial charge in [0.05, 0.1) is 5.56 Å². The van der Waals surface area contributed by atoms with Gasteiger partial charge in [0.25, 0.3) is 0 Å². The zero-order valence-corrected chi connectivity index (χ0v) is 17.7. The maximum Gasteiger partial charge on any atom is 0.338 e. The van der Waals surface area contributed by atoms with Crippen LogP contribution < -0.4 is 4.74 Å². The predicted molar refractivity (Wildman–Crippen MR) is 126 cm³/mol. The van der Waals surface area contributed by atoms with Crippen molar-refractivity contribution in [2.45, 2.75) is 32.5 Å². The summed E-state index contributed by atoms with van der Waals surface area (Å²) in [6, 6.07) is 7.58. The number of aryl methyl sites for hydroxylation is 1. The number of carbonyl (C=O) groups excluding carboxylic acids is 1. The fraction of sp³-hybridized carbons (Fsp3) is 0.208. The van der Waals surface area contributed by atoms with E-state index >= 15 is 0 Å². The average molecular weight is 465 g/mol. The van der Waals surface area contributed by atoms with Crippen LogP contribution in [0.5, 0.6) is 40.2 Å². The van der Waals surface area contributed by atoms with Gasteiger partial charge in [-0.1, -0.05) is 0 Å². The van der Waals surface area contributed by atoms with E-state index in [1.165, 1.54) is 38.1 Å². The van der Waals surface area contributed by atoms with Gasteiger partial charge in [-0.3, -0.25) is 0 Å². The van der Waals surface area contributed by atoms with Crippen LogP contribution in [0, 0.1) is 13.8 Å².